The minimum absolute atomic E-state index is 0.223. The lowest BCUT2D eigenvalue weighted by molar-refractivity contribution is 0.602. The van der Waals surface area contributed by atoms with Crippen molar-refractivity contribution in [2.45, 2.75) is 19.4 Å². The highest BCUT2D eigenvalue weighted by Crippen LogP contribution is 2.24. The molecule has 0 radical (unpaired) electrons. The standard InChI is InChI=1S/C14H16FN3/c1-2-10-9-17-7-6-13(10)14(18-16)11-4-3-5-12(15)8-11/h3-9,14,18H,2,16H2,1H3. The topological polar surface area (TPSA) is 50.9 Å². The average Bonchev–Trinajstić information content (AvgIpc) is 2.40. The molecule has 1 atom stereocenters. The fraction of sp³-hybridized carbons (Fsp3) is 0.214. The summed E-state index contributed by atoms with van der Waals surface area (Å²) in [6, 6.07) is 8.14. The number of hydrogen-bond donors (Lipinski definition) is 2. The summed E-state index contributed by atoms with van der Waals surface area (Å²) >= 11 is 0. The van der Waals surface area contributed by atoms with Crippen LogP contribution in [0.15, 0.2) is 42.7 Å². The van der Waals surface area contributed by atoms with Gasteiger partial charge in [-0.2, -0.15) is 0 Å². The van der Waals surface area contributed by atoms with Crippen molar-refractivity contribution in [2.75, 3.05) is 0 Å². The van der Waals surface area contributed by atoms with Gasteiger partial charge in [0, 0.05) is 12.4 Å². The van der Waals surface area contributed by atoms with Crippen LogP contribution >= 0.6 is 0 Å². The van der Waals surface area contributed by atoms with E-state index < -0.39 is 0 Å². The van der Waals surface area contributed by atoms with Crippen molar-refractivity contribution in [2.24, 2.45) is 5.84 Å². The van der Waals surface area contributed by atoms with Gasteiger partial charge in [0.25, 0.3) is 0 Å². The van der Waals surface area contributed by atoms with E-state index in [0.717, 1.165) is 23.1 Å². The molecule has 2 aromatic rings. The van der Waals surface area contributed by atoms with Gasteiger partial charge >= 0.3 is 0 Å². The molecule has 0 saturated heterocycles. The summed E-state index contributed by atoms with van der Waals surface area (Å²) in [5.74, 6) is 5.35. The zero-order valence-corrected chi connectivity index (χ0v) is 10.2. The molecular weight excluding hydrogens is 229 g/mol. The molecule has 94 valence electrons. The van der Waals surface area contributed by atoms with Crippen molar-refractivity contribution >= 4 is 0 Å². The highest BCUT2D eigenvalue weighted by Gasteiger charge is 2.15. The molecule has 0 aliphatic heterocycles. The Hall–Kier alpha value is -1.78. The van der Waals surface area contributed by atoms with Crippen LogP contribution in [0, 0.1) is 5.82 Å². The number of benzene rings is 1. The Morgan fingerprint density at radius 3 is 2.89 bits per heavy atom. The van der Waals surface area contributed by atoms with Crippen molar-refractivity contribution in [3.8, 4) is 0 Å². The minimum atomic E-state index is -0.264. The Bertz CT molecular complexity index is 528. The first kappa shape index (κ1) is 12.7. The van der Waals surface area contributed by atoms with Crippen molar-refractivity contribution < 1.29 is 4.39 Å². The van der Waals surface area contributed by atoms with Gasteiger partial charge < -0.3 is 0 Å². The SMILES string of the molecule is CCc1cnccc1C(NN)c1cccc(F)c1. The molecule has 0 spiro atoms. The number of halogens is 1. The molecule has 0 aliphatic carbocycles. The van der Waals surface area contributed by atoms with Crippen LogP contribution in [0.5, 0.6) is 0 Å². The van der Waals surface area contributed by atoms with Crippen LogP contribution in [-0.2, 0) is 6.42 Å². The summed E-state index contributed by atoms with van der Waals surface area (Å²) in [4.78, 5) is 4.10. The summed E-state index contributed by atoms with van der Waals surface area (Å²) in [6.45, 7) is 2.06. The Labute approximate surface area is 106 Å². The lowest BCUT2D eigenvalue weighted by atomic mass is 9.95. The van der Waals surface area contributed by atoms with Crippen molar-refractivity contribution in [3.05, 3.63) is 65.2 Å². The molecule has 0 fully saturated rings. The quantitative estimate of drug-likeness (QED) is 0.642. The Morgan fingerprint density at radius 2 is 2.22 bits per heavy atom. The molecule has 0 aliphatic rings. The van der Waals surface area contributed by atoms with Gasteiger partial charge in [-0.1, -0.05) is 19.1 Å². The number of rotatable bonds is 4. The van der Waals surface area contributed by atoms with E-state index in [4.69, 9.17) is 5.84 Å². The Morgan fingerprint density at radius 1 is 1.39 bits per heavy atom. The fourth-order valence-electron chi connectivity index (χ4n) is 2.07. The van der Waals surface area contributed by atoms with E-state index in [0.29, 0.717) is 0 Å². The van der Waals surface area contributed by atoms with E-state index in [-0.39, 0.29) is 11.9 Å². The summed E-state index contributed by atoms with van der Waals surface area (Å²) < 4.78 is 13.3. The van der Waals surface area contributed by atoms with Gasteiger partial charge in [0.1, 0.15) is 5.82 Å². The van der Waals surface area contributed by atoms with E-state index >= 15 is 0 Å². The highest BCUT2D eigenvalue weighted by atomic mass is 19.1. The normalized spacial score (nSPS) is 12.4. The summed E-state index contributed by atoms with van der Waals surface area (Å²) in [6.07, 6.45) is 4.40. The van der Waals surface area contributed by atoms with E-state index in [1.165, 1.54) is 12.1 Å². The van der Waals surface area contributed by atoms with Crippen LogP contribution in [0.25, 0.3) is 0 Å². The number of aromatic nitrogens is 1. The second-order valence-corrected chi connectivity index (χ2v) is 4.08. The molecule has 0 bridgehead atoms. The zero-order valence-electron chi connectivity index (χ0n) is 10.2. The molecule has 0 amide bonds. The second kappa shape index (κ2) is 5.71. The molecule has 1 heterocycles. The molecule has 3 nitrogen and oxygen atoms in total. The molecular formula is C14H16FN3. The summed E-state index contributed by atoms with van der Waals surface area (Å²) in [5.41, 5.74) is 5.68. The molecule has 0 saturated carbocycles. The number of aryl methyl sites for hydroxylation is 1. The monoisotopic (exact) mass is 245 g/mol. The predicted molar refractivity (Wildman–Crippen MR) is 69.2 cm³/mol. The van der Waals surface area contributed by atoms with Gasteiger partial charge in [0.05, 0.1) is 6.04 Å². The number of nitrogens with zero attached hydrogens (tertiary/aromatic N) is 1. The Balaban J connectivity index is 2.45. The van der Waals surface area contributed by atoms with E-state index in [2.05, 4.69) is 17.3 Å². The maximum absolute atomic E-state index is 13.3. The number of hydrazine groups is 1. The number of nitrogens with one attached hydrogen (secondary N) is 1. The third-order valence-electron chi connectivity index (χ3n) is 2.98. The third-order valence-corrected chi connectivity index (χ3v) is 2.98. The summed E-state index contributed by atoms with van der Waals surface area (Å²) in [7, 11) is 0. The molecule has 3 N–H and O–H groups in total. The van der Waals surface area contributed by atoms with Crippen molar-refractivity contribution in [1.82, 2.24) is 10.4 Å². The first-order valence-electron chi connectivity index (χ1n) is 5.90. The largest absolute Gasteiger partial charge is 0.271 e. The lowest BCUT2D eigenvalue weighted by Gasteiger charge is -2.19. The molecule has 2 rings (SSSR count). The van der Waals surface area contributed by atoms with Gasteiger partial charge in [0.15, 0.2) is 0 Å². The van der Waals surface area contributed by atoms with Crippen LogP contribution < -0.4 is 11.3 Å². The summed E-state index contributed by atoms with van der Waals surface area (Å²) in [5, 5.41) is 0. The van der Waals surface area contributed by atoms with Crippen LogP contribution in [0.3, 0.4) is 0 Å². The highest BCUT2D eigenvalue weighted by molar-refractivity contribution is 5.35. The maximum Gasteiger partial charge on any atom is 0.123 e. The van der Waals surface area contributed by atoms with Crippen LogP contribution in [0.1, 0.15) is 29.7 Å². The Kier molecular flexibility index (Phi) is 4.02. The van der Waals surface area contributed by atoms with Gasteiger partial charge in [0.2, 0.25) is 0 Å². The molecule has 1 aromatic carbocycles. The molecule has 1 aromatic heterocycles. The van der Waals surface area contributed by atoms with Crippen LogP contribution in [0.4, 0.5) is 4.39 Å². The average molecular weight is 245 g/mol. The second-order valence-electron chi connectivity index (χ2n) is 4.08. The number of nitrogens with two attached hydrogens (primary N) is 1. The van der Waals surface area contributed by atoms with E-state index in [9.17, 15) is 4.39 Å². The fourth-order valence-corrected chi connectivity index (χ4v) is 2.07. The number of hydrogen-bond acceptors (Lipinski definition) is 3. The molecule has 18 heavy (non-hydrogen) atoms. The van der Waals surface area contributed by atoms with E-state index in [1.807, 2.05) is 18.3 Å². The molecule has 4 heteroatoms. The van der Waals surface area contributed by atoms with Gasteiger partial charge in [-0.05, 0) is 41.3 Å². The minimum Gasteiger partial charge on any atom is -0.271 e. The first-order chi connectivity index (χ1) is 8.76. The third kappa shape index (κ3) is 2.55. The van der Waals surface area contributed by atoms with Crippen LogP contribution in [0.2, 0.25) is 0 Å². The van der Waals surface area contributed by atoms with Crippen molar-refractivity contribution in [3.63, 3.8) is 0 Å². The number of pyridine rings is 1. The molecule has 1 unspecified atom stereocenters. The maximum atomic E-state index is 13.3. The van der Waals surface area contributed by atoms with Crippen molar-refractivity contribution in [1.29, 1.82) is 0 Å². The van der Waals surface area contributed by atoms with Gasteiger partial charge in [-0.25, -0.2) is 9.82 Å². The lowest BCUT2D eigenvalue weighted by Crippen LogP contribution is -2.29. The van der Waals surface area contributed by atoms with Gasteiger partial charge in [-0.15, -0.1) is 0 Å². The van der Waals surface area contributed by atoms with Crippen LogP contribution in [-0.4, -0.2) is 4.98 Å². The smallest absolute Gasteiger partial charge is 0.123 e. The zero-order chi connectivity index (χ0) is 13.0. The first-order valence-corrected chi connectivity index (χ1v) is 5.90. The van der Waals surface area contributed by atoms with Gasteiger partial charge in [-0.3, -0.25) is 10.8 Å². The predicted octanol–water partition coefficient (Wildman–Crippen LogP) is 2.34. The van der Waals surface area contributed by atoms with E-state index in [1.54, 1.807) is 12.3 Å².